The minimum absolute atomic E-state index is 0.00134. The van der Waals surface area contributed by atoms with Gasteiger partial charge in [0.2, 0.25) is 10.0 Å². The molecule has 34 heavy (non-hydrogen) atoms. The summed E-state index contributed by atoms with van der Waals surface area (Å²) in [7, 11) is 1.28. The normalized spacial score (nSPS) is 13.2. The average molecular weight is 504 g/mol. The zero-order valence-corrected chi connectivity index (χ0v) is 20.6. The van der Waals surface area contributed by atoms with E-state index in [-0.39, 0.29) is 30.0 Å². The third kappa shape index (κ3) is 3.95. The van der Waals surface area contributed by atoms with Crippen molar-refractivity contribution in [1.82, 2.24) is 15.2 Å². The number of amides is 2. The van der Waals surface area contributed by atoms with Crippen molar-refractivity contribution in [1.29, 1.82) is 0 Å². The molecule has 178 valence electrons. The van der Waals surface area contributed by atoms with E-state index in [0.717, 1.165) is 16.6 Å². The van der Waals surface area contributed by atoms with Gasteiger partial charge in [-0.25, -0.2) is 12.8 Å². The summed E-state index contributed by atoms with van der Waals surface area (Å²) < 4.78 is 45.3. The van der Waals surface area contributed by atoms with E-state index in [9.17, 15) is 22.4 Å². The summed E-state index contributed by atoms with van der Waals surface area (Å²) in [4.78, 5) is 31.6. The first-order chi connectivity index (χ1) is 16.1. The van der Waals surface area contributed by atoms with E-state index >= 15 is 0 Å². The van der Waals surface area contributed by atoms with Crippen LogP contribution in [0.15, 0.2) is 36.5 Å². The molecule has 4 rings (SSSR count). The monoisotopic (exact) mass is 504 g/mol. The van der Waals surface area contributed by atoms with Crippen LogP contribution in [0.25, 0.3) is 10.9 Å². The molecule has 2 aromatic carbocycles. The first kappa shape index (κ1) is 23.8. The molecule has 1 aliphatic rings. The molecule has 1 atom stereocenters. The maximum absolute atomic E-state index is 13.8. The number of hydrogen-bond acceptors (Lipinski definition) is 6. The fourth-order valence-electron chi connectivity index (χ4n) is 4.12. The van der Waals surface area contributed by atoms with Gasteiger partial charge in [-0.1, -0.05) is 6.07 Å². The Bertz CT molecular complexity index is 1450. The number of halogens is 1. The fraction of sp³-hybridized carbons (Fsp3) is 0.227. The number of carbonyl (C=O) groups is 2. The van der Waals surface area contributed by atoms with Gasteiger partial charge in [0, 0.05) is 49.9 Å². The zero-order valence-electron chi connectivity index (χ0n) is 18.6. The van der Waals surface area contributed by atoms with Gasteiger partial charge < -0.3 is 14.7 Å². The maximum Gasteiger partial charge on any atom is 0.258 e. The van der Waals surface area contributed by atoms with Crippen molar-refractivity contribution < 1.29 is 26.9 Å². The molecule has 0 spiro atoms. The highest BCUT2D eigenvalue weighted by Crippen LogP contribution is 2.45. The molecule has 0 radical (unpaired) electrons. The molecule has 1 N–H and O–H groups in total. The average Bonchev–Trinajstić information content (AvgIpc) is 3.12. The smallest absolute Gasteiger partial charge is 0.258 e. The lowest BCUT2D eigenvalue weighted by molar-refractivity contribution is 0.0762. The Labute approximate surface area is 198 Å². The summed E-state index contributed by atoms with van der Waals surface area (Å²) in [6, 6.07) is 7.16. The number of hydrogen-bond donors (Lipinski definition) is 1. The molecule has 0 saturated carbocycles. The van der Waals surface area contributed by atoms with E-state index in [1.807, 2.05) is 0 Å². The second kappa shape index (κ2) is 8.81. The largest absolute Gasteiger partial charge is 0.477 e. The predicted molar refractivity (Wildman–Crippen MR) is 129 cm³/mol. The summed E-state index contributed by atoms with van der Waals surface area (Å²) in [5.74, 6) is -1.28. The van der Waals surface area contributed by atoms with Crippen LogP contribution in [0.3, 0.4) is 0 Å². The molecule has 3 aromatic rings. The van der Waals surface area contributed by atoms with Crippen LogP contribution in [0, 0.1) is 5.82 Å². The third-order valence-electron chi connectivity index (χ3n) is 5.78. The minimum atomic E-state index is -3.67. The summed E-state index contributed by atoms with van der Waals surface area (Å²) in [5.41, 5.74) is 1.86. The van der Waals surface area contributed by atoms with Crippen molar-refractivity contribution >= 4 is 47.9 Å². The SMILES string of the molecule is CNC(=O)c1cc(F)ccc1CN1Cc2c(c(OP)c3ncccc3c2N(C)S(C)(=O)=O)C1=O. The number of fused-ring (bicyclic) bond motifs is 2. The summed E-state index contributed by atoms with van der Waals surface area (Å²) in [6.07, 6.45) is 2.60. The molecule has 12 heteroatoms. The quantitative estimate of drug-likeness (QED) is 0.517. The Morgan fingerprint density at radius 3 is 2.74 bits per heavy atom. The van der Waals surface area contributed by atoms with Gasteiger partial charge in [-0.2, -0.15) is 0 Å². The van der Waals surface area contributed by atoms with Gasteiger partial charge in [0.25, 0.3) is 11.8 Å². The number of benzene rings is 2. The number of nitrogens with zero attached hydrogens (tertiary/aromatic N) is 3. The Balaban J connectivity index is 1.89. The summed E-state index contributed by atoms with van der Waals surface area (Å²) >= 11 is 0. The van der Waals surface area contributed by atoms with E-state index in [1.165, 1.54) is 37.3 Å². The number of carbonyl (C=O) groups excluding carboxylic acids is 2. The highest BCUT2D eigenvalue weighted by molar-refractivity contribution is 7.92. The minimum Gasteiger partial charge on any atom is -0.477 e. The number of rotatable bonds is 6. The lowest BCUT2D eigenvalue weighted by atomic mass is 10.0. The van der Waals surface area contributed by atoms with Gasteiger partial charge in [-0.05, 0) is 29.8 Å². The van der Waals surface area contributed by atoms with Gasteiger partial charge in [-0.15, -0.1) is 0 Å². The molecule has 1 aliphatic heterocycles. The molecule has 1 unspecified atom stereocenters. The Morgan fingerprint density at radius 2 is 2.09 bits per heavy atom. The molecule has 0 aliphatic carbocycles. The van der Waals surface area contributed by atoms with E-state index in [0.29, 0.717) is 27.7 Å². The van der Waals surface area contributed by atoms with Gasteiger partial charge in [-0.3, -0.25) is 18.9 Å². The number of aromatic nitrogens is 1. The standard InChI is InChI=1S/C22H22FN4O5PS/c1-24-21(28)15-9-13(23)7-6-12(15)10-27-11-16-17(22(27)29)20(32-33)18-14(5-4-8-25-18)19(16)26(2)34(3,30)31/h4-9H,10-11,33H2,1-3H3,(H,24,28). The van der Waals surface area contributed by atoms with Gasteiger partial charge in [0.05, 0.1) is 27.0 Å². The Hall–Kier alpha value is -3.30. The lowest BCUT2D eigenvalue weighted by Crippen LogP contribution is -2.27. The van der Waals surface area contributed by atoms with Crippen LogP contribution in [-0.2, 0) is 23.1 Å². The van der Waals surface area contributed by atoms with E-state index < -0.39 is 27.7 Å². The topological polar surface area (TPSA) is 109 Å². The summed E-state index contributed by atoms with van der Waals surface area (Å²) in [5, 5.41) is 2.98. The fourth-order valence-corrected chi connectivity index (χ4v) is 4.89. The van der Waals surface area contributed by atoms with Crippen LogP contribution in [0.1, 0.15) is 31.8 Å². The molecule has 2 amide bonds. The number of sulfonamides is 1. The molecule has 2 heterocycles. The van der Waals surface area contributed by atoms with E-state index in [4.69, 9.17) is 4.52 Å². The van der Waals surface area contributed by atoms with Crippen LogP contribution in [0.4, 0.5) is 10.1 Å². The van der Waals surface area contributed by atoms with Crippen LogP contribution in [0.2, 0.25) is 0 Å². The van der Waals surface area contributed by atoms with Crippen molar-refractivity contribution in [2.24, 2.45) is 0 Å². The van der Waals surface area contributed by atoms with Gasteiger partial charge in [0.1, 0.15) is 11.3 Å². The van der Waals surface area contributed by atoms with Crippen molar-refractivity contribution in [3.63, 3.8) is 0 Å². The second-order valence-corrected chi connectivity index (χ2v) is 10.1. The summed E-state index contributed by atoms with van der Waals surface area (Å²) in [6.45, 7) is 0.0540. The van der Waals surface area contributed by atoms with E-state index in [1.54, 1.807) is 12.1 Å². The van der Waals surface area contributed by atoms with Crippen molar-refractivity contribution in [3.8, 4) is 5.75 Å². The number of anilines is 1. The van der Waals surface area contributed by atoms with Crippen LogP contribution in [-0.4, -0.2) is 50.5 Å². The zero-order chi connectivity index (χ0) is 24.8. The molecular formula is C22H22FN4O5PS. The molecular weight excluding hydrogens is 482 g/mol. The Morgan fingerprint density at radius 1 is 1.35 bits per heavy atom. The molecule has 0 fully saturated rings. The van der Waals surface area contributed by atoms with Crippen molar-refractivity contribution in [2.45, 2.75) is 13.1 Å². The molecule has 0 bridgehead atoms. The maximum atomic E-state index is 13.8. The third-order valence-corrected chi connectivity index (χ3v) is 7.19. The van der Waals surface area contributed by atoms with Gasteiger partial charge in [0.15, 0.2) is 5.75 Å². The van der Waals surface area contributed by atoms with E-state index in [2.05, 4.69) is 19.8 Å². The van der Waals surface area contributed by atoms with Crippen LogP contribution >= 0.6 is 9.47 Å². The first-order valence-electron chi connectivity index (χ1n) is 10.1. The molecule has 1 aromatic heterocycles. The van der Waals surface area contributed by atoms with Crippen molar-refractivity contribution in [2.75, 3.05) is 24.7 Å². The van der Waals surface area contributed by atoms with Gasteiger partial charge >= 0.3 is 0 Å². The number of nitrogens with one attached hydrogen (secondary N) is 1. The van der Waals surface area contributed by atoms with Crippen molar-refractivity contribution in [3.05, 3.63) is 64.6 Å². The van der Waals surface area contributed by atoms with Crippen LogP contribution in [0.5, 0.6) is 5.75 Å². The molecule has 0 saturated heterocycles. The first-order valence-corrected chi connectivity index (χ1v) is 12.4. The lowest BCUT2D eigenvalue weighted by Gasteiger charge is -2.23. The highest BCUT2D eigenvalue weighted by atomic mass is 32.2. The Kier molecular flexibility index (Phi) is 6.18. The molecule has 9 nitrogen and oxygen atoms in total. The van der Waals surface area contributed by atoms with Crippen LogP contribution < -0.4 is 14.1 Å². The number of pyridine rings is 1. The highest BCUT2D eigenvalue weighted by Gasteiger charge is 2.38. The second-order valence-electron chi connectivity index (χ2n) is 7.82. The predicted octanol–water partition coefficient (Wildman–Crippen LogP) is 2.45.